The Hall–Kier alpha value is -3.23. The molecule has 3 N–H and O–H groups in total. The van der Waals surface area contributed by atoms with E-state index in [9.17, 15) is 14.4 Å². The number of likely N-dealkylation sites (tertiary alicyclic amines) is 1. The predicted octanol–water partition coefficient (Wildman–Crippen LogP) is 1.95. The molecule has 3 amide bonds. The minimum absolute atomic E-state index is 0.178. The molecule has 2 fully saturated rings. The number of piperidine rings is 2. The minimum Gasteiger partial charge on any atom is -0.489 e. The third kappa shape index (κ3) is 4.83. The van der Waals surface area contributed by atoms with Gasteiger partial charge in [-0.15, -0.1) is 0 Å². The maximum atomic E-state index is 12.8. The summed E-state index contributed by atoms with van der Waals surface area (Å²) in [5, 5.41) is 2.33. The van der Waals surface area contributed by atoms with Crippen molar-refractivity contribution in [1.29, 1.82) is 0 Å². The molecule has 3 heterocycles. The lowest BCUT2D eigenvalue weighted by atomic mass is 10.0. The van der Waals surface area contributed by atoms with Crippen molar-refractivity contribution in [3.8, 4) is 5.75 Å². The minimum atomic E-state index is -0.609. The number of amides is 3. The van der Waals surface area contributed by atoms with E-state index in [1.54, 1.807) is 17.0 Å². The van der Waals surface area contributed by atoms with E-state index in [1.165, 1.54) is 5.56 Å². The number of nitrogens with one attached hydrogen (secondary N) is 1. The molecule has 0 aromatic heterocycles. The van der Waals surface area contributed by atoms with E-state index in [-0.39, 0.29) is 18.2 Å². The Labute approximate surface area is 199 Å². The van der Waals surface area contributed by atoms with Gasteiger partial charge in [-0.3, -0.25) is 24.6 Å². The highest BCUT2D eigenvalue weighted by Gasteiger charge is 2.39. The van der Waals surface area contributed by atoms with Crippen LogP contribution in [0.1, 0.15) is 52.7 Å². The van der Waals surface area contributed by atoms with Crippen molar-refractivity contribution in [3.63, 3.8) is 0 Å². The van der Waals surface area contributed by atoms with Crippen LogP contribution < -0.4 is 15.8 Å². The number of hydrogen-bond acceptors (Lipinski definition) is 6. The Morgan fingerprint density at radius 1 is 0.971 bits per heavy atom. The second kappa shape index (κ2) is 9.56. The average molecular weight is 463 g/mol. The maximum absolute atomic E-state index is 12.8. The quantitative estimate of drug-likeness (QED) is 0.636. The lowest BCUT2D eigenvalue weighted by Crippen LogP contribution is -2.52. The number of nitrogens with two attached hydrogens (primary N) is 1. The van der Waals surface area contributed by atoms with Crippen LogP contribution in [-0.2, 0) is 29.3 Å². The molecule has 2 saturated heterocycles. The number of ether oxygens (including phenoxy) is 1. The van der Waals surface area contributed by atoms with Gasteiger partial charge in [0.25, 0.3) is 5.91 Å². The Morgan fingerprint density at radius 3 is 2.44 bits per heavy atom. The molecule has 0 bridgehead atoms. The second-order valence-electron chi connectivity index (χ2n) is 9.44. The number of fused-ring (bicyclic) bond motifs is 1. The van der Waals surface area contributed by atoms with Crippen LogP contribution in [0.4, 0.5) is 0 Å². The highest BCUT2D eigenvalue weighted by atomic mass is 16.5. The molecule has 3 aliphatic heterocycles. The third-order valence-electron chi connectivity index (χ3n) is 6.96. The average Bonchev–Trinajstić information content (AvgIpc) is 3.15. The van der Waals surface area contributed by atoms with Crippen LogP contribution in [0.25, 0.3) is 0 Å². The first-order valence-electron chi connectivity index (χ1n) is 11.9. The van der Waals surface area contributed by atoms with E-state index in [0.29, 0.717) is 36.9 Å². The Kier molecular flexibility index (Phi) is 6.34. The van der Waals surface area contributed by atoms with E-state index in [1.807, 2.05) is 6.07 Å². The molecule has 0 radical (unpaired) electrons. The number of nitrogens with zero attached hydrogens (tertiary/aromatic N) is 2. The summed E-state index contributed by atoms with van der Waals surface area (Å²) in [7, 11) is 0. The summed E-state index contributed by atoms with van der Waals surface area (Å²) < 4.78 is 5.99. The van der Waals surface area contributed by atoms with Crippen LogP contribution in [0, 0.1) is 0 Å². The van der Waals surface area contributed by atoms with Gasteiger partial charge in [0, 0.05) is 31.1 Å². The molecule has 1 atom stereocenters. The molecule has 5 rings (SSSR count). The van der Waals surface area contributed by atoms with Gasteiger partial charge >= 0.3 is 0 Å². The number of rotatable bonds is 6. The molecule has 8 nitrogen and oxygen atoms in total. The Morgan fingerprint density at radius 2 is 1.71 bits per heavy atom. The molecule has 0 saturated carbocycles. The van der Waals surface area contributed by atoms with Crippen LogP contribution in [-0.4, -0.2) is 52.7 Å². The van der Waals surface area contributed by atoms with Crippen molar-refractivity contribution in [2.24, 2.45) is 5.73 Å². The SMILES string of the molecule is NC1CCN(Cc2ccc(COc3ccc4c(c3)CN(C3CCC(=O)NC3=O)C4=O)cc2)CC1. The van der Waals surface area contributed by atoms with Crippen molar-refractivity contribution >= 4 is 17.7 Å². The first-order chi connectivity index (χ1) is 16.5. The van der Waals surface area contributed by atoms with Crippen molar-refractivity contribution in [1.82, 2.24) is 15.1 Å². The van der Waals surface area contributed by atoms with Gasteiger partial charge in [0.05, 0.1) is 0 Å². The zero-order valence-electron chi connectivity index (χ0n) is 19.2. The van der Waals surface area contributed by atoms with Gasteiger partial charge in [0.2, 0.25) is 11.8 Å². The molecule has 178 valence electrons. The first kappa shape index (κ1) is 22.6. The first-order valence-corrected chi connectivity index (χ1v) is 11.9. The highest BCUT2D eigenvalue weighted by Crippen LogP contribution is 2.30. The summed E-state index contributed by atoms with van der Waals surface area (Å²) in [6.07, 6.45) is 2.72. The summed E-state index contributed by atoms with van der Waals surface area (Å²) in [5.41, 5.74) is 9.77. The van der Waals surface area contributed by atoms with Gasteiger partial charge in [0.1, 0.15) is 18.4 Å². The van der Waals surface area contributed by atoms with Gasteiger partial charge < -0.3 is 15.4 Å². The lowest BCUT2D eigenvalue weighted by molar-refractivity contribution is -0.136. The summed E-state index contributed by atoms with van der Waals surface area (Å²) in [6.45, 7) is 3.81. The van der Waals surface area contributed by atoms with E-state index in [0.717, 1.165) is 43.6 Å². The van der Waals surface area contributed by atoms with Crippen LogP contribution in [0.15, 0.2) is 42.5 Å². The zero-order valence-corrected chi connectivity index (χ0v) is 19.2. The van der Waals surface area contributed by atoms with E-state index in [4.69, 9.17) is 10.5 Å². The smallest absolute Gasteiger partial charge is 0.255 e. The molecule has 34 heavy (non-hydrogen) atoms. The normalized spacial score (nSPS) is 21.5. The molecular weight excluding hydrogens is 432 g/mol. The third-order valence-corrected chi connectivity index (χ3v) is 6.96. The fraction of sp³-hybridized carbons (Fsp3) is 0.423. The number of carbonyl (C=O) groups is 3. The lowest BCUT2D eigenvalue weighted by Gasteiger charge is -2.30. The van der Waals surface area contributed by atoms with Crippen LogP contribution >= 0.6 is 0 Å². The second-order valence-corrected chi connectivity index (χ2v) is 9.44. The molecule has 1 unspecified atom stereocenters. The van der Waals surface area contributed by atoms with Crippen LogP contribution in [0.3, 0.4) is 0 Å². The van der Waals surface area contributed by atoms with Crippen LogP contribution in [0.5, 0.6) is 5.75 Å². The van der Waals surface area contributed by atoms with Crippen molar-refractivity contribution in [2.75, 3.05) is 13.1 Å². The number of imide groups is 1. The maximum Gasteiger partial charge on any atom is 0.255 e. The topological polar surface area (TPSA) is 105 Å². The molecule has 0 spiro atoms. The summed E-state index contributed by atoms with van der Waals surface area (Å²) in [6, 6.07) is 13.6. The molecule has 3 aliphatic rings. The van der Waals surface area contributed by atoms with Gasteiger partial charge in [-0.2, -0.15) is 0 Å². The van der Waals surface area contributed by atoms with E-state index >= 15 is 0 Å². The fourth-order valence-electron chi connectivity index (χ4n) is 4.92. The number of hydrogen-bond donors (Lipinski definition) is 2. The largest absolute Gasteiger partial charge is 0.489 e. The standard InChI is InChI=1S/C26H30N4O4/c27-20-9-11-29(12-10-20)14-17-1-3-18(4-2-17)16-34-21-5-6-22-19(13-21)15-30(26(22)33)23-7-8-24(31)28-25(23)32/h1-6,13,20,23H,7-12,14-16,27H2,(H,28,31,32). The summed E-state index contributed by atoms with van der Waals surface area (Å²) in [4.78, 5) is 40.4. The molecule has 0 aliphatic carbocycles. The van der Waals surface area contributed by atoms with Gasteiger partial charge in [0.15, 0.2) is 0 Å². The van der Waals surface area contributed by atoms with Gasteiger partial charge in [-0.05, 0) is 67.2 Å². The zero-order chi connectivity index (χ0) is 23.7. The molecule has 8 heteroatoms. The van der Waals surface area contributed by atoms with Gasteiger partial charge in [-0.1, -0.05) is 24.3 Å². The molecular formula is C26H30N4O4. The van der Waals surface area contributed by atoms with Crippen LogP contribution in [0.2, 0.25) is 0 Å². The van der Waals surface area contributed by atoms with Crippen molar-refractivity contribution in [3.05, 3.63) is 64.7 Å². The van der Waals surface area contributed by atoms with E-state index in [2.05, 4.69) is 34.5 Å². The fourth-order valence-corrected chi connectivity index (χ4v) is 4.92. The van der Waals surface area contributed by atoms with Gasteiger partial charge in [-0.25, -0.2) is 0 Å². The molecule has 2 aromatic rings. The highest BCUT2D eigenvalue weighted by molar-refractivity contribution is 6.05. The Balaban J connectivity index is 1.17. The Bertz CT molecular complexity index is 1090. The monoisotopic (exact) mass is 462 g/mol. The predicted molar refractivity (Wildman–Crippen MR) is 126 cm³/mol. The van der Waals surface area contributed by atoms with Crippen molar-refractivity contribution in [2.45, 2.75) is 57.5 Å². The molecule has 2 aromatic carbocycles. The summed E-state index contributed by atoms with van der Waals surface area (Å²) >= 11 is 0. The number of benzene rings is 2. The van der Waals surface area contributed by atoms with E-state index < -0.39 is 11.9 Å². The summed E-state index contributed by atoms with van der Waals surface area (Å²) in [5.74, 6) is -0.181. The number of carbonyl (C=O) groups excluding carboxylic acids is 3. The van der Waals surface area contributed by atoms with Crippen molar-refractivity contribution < 1.29 is 19.1 Å².